The predicted molar refractivity (Wildman–Crippen MR) is 106 cm³/mol. The Morgan fingerprint density at radius 2 is 2.11 bits per heavy atom. The normalized spacial score (nSPS) is 11.0. The largest absolute Gasteiger partial charge is 0.461 e. The molecule has 3 aromatic rings. The number of ether oxygens (including phenoxy) is 2. The number of methoxy groups -OCH3 is 1. The van der Waals surface area contributed by atoms with Gasteiger partial charge in [-0.05, 0) is 23.6 Å². The summed E-state index contributed by atoms with van der Waals surface area (Å²) >= 11 is 0. The van der Waals surface area contributed by atoms with E-state index in [-0.39, 0.29) is 11.9 Å². The highest BCUT2D eigenvalue weighted by atomic mass is 16.5. The van der Waals surface area contributed by atoms with Crippen molar-refractivity contribution < 1.29 is 14.3 Å². The van der Waals surface area contributed by atoms with Crippen LogP contribution in [0.1, 0.15) is 30.9 Å². The summed E-state index contributed by atoms with van der Waals surface area (Å²) in [5.74, 6) is 0.788. The van der Waals surface area contributed by atoms with E-state index < -0.39 is 0 Å². The fourth-order valence-corrected chi connectivity index (χ4v) is 2.70. The van der Waals surface area contributed by atoms with Crippen molar-refractivity contribution in [3.63, 3.8) is 0 Å². The fourth-order valence-electron chi connectivity index (χ4n) is 2.70. The Morgan fingerprint density at radius 1 is 1.25 bits per heavy atom. The van der Waals surface area contributed by atoms with E-state index in [2.05, 4.69) is 39.5 Å². The van der Waals surface area contributed by atoms with E-state index in [0.717, 1.165) is 16.8 Å². The second-order valence-electron chi connectivity index (χ2n) is 6.48. The van der Waals surface area contributed by atoms with Crippen molar-refractivity contribution in [2.24, 2.45) is 0 Å². The van der Waals surface area contributed by atoms with Gasteiger partial charge in [-0.15, -0.1) is 0 Å². The van der Waals surface area contributed by atoms with Crippen LogP contribution in [0.5, 0.6) is 6.01 Å². The molecule has 0 unspecified atom stereocenters. The standard InChI is InChI=1S/C19H24N6O3/c1-13(2)16-11-22-25-17(16)23-19(28-8-7-27-3)24-18(25)20-10-14-5-4-6-15(9-14)21-12-26/h4-6,9,11-13H,7-8,10H2,1-3H3,(H,21,26)(H,20,23,24). The lowest BCUT2D eigenvalue weighted by Gasteiger charge is -2.11. The zero-order valence-corrected chi connectivity index (χ0v) is 16.2. The summed E-state index contributed by atoms with van der Waals surface area (Å²) in [7, 11) is 1.61. The first-order valence-electron chi connectivity index (χ1n) is 9.02. The smallest absolute Gasteiger partial charge is 0.321 e. The van der Waals surface area contributed by atoms with Crippen LogP contribution in [0.4, 0.5) is 11.6 Å². The van der Waals surface area contributed by atoms with Gasteiger partial charge < -0.3 is 20.1 Å². The Labute approximate surface area is 163 Å². The maximum absolute atomic E-state index is 10.6. The van der Waals surface area contributed by atoms with Gasteiger partial charge in [0.1, 0.15) is 6.61 Å². The Bertz CT molecular complexity index is 941. The number of fused-ring (bicyclic) bond motifs is 1. The van der Waals surface area contributed by atoms with Gasteiger partial charge in [0, 0.05) is 24.9 Å². The second-order valence-corrected chi connectivity index (χ2v) is 6.48. The Balaban J connectivity index is 1.87. The highest BCUT2D eigenvalue weighted by Crippen LogP contribution is 2.23. The number of carbonyl (C=O) groups excluding carboxylic acids is 1. The lowest BCUT2D eigenvalue weighted by Crippen LogP contribution is -2.12. The number of anilines is 2. The molecule has 9 heteroatoms. The SMILES string of the molecule is COCCOc1nc(NCc2cccc(NC=O)c2)n2ncc(C(C)C)c2n1. The minimum atomic E-state index is 0.262. The number of hydrogen-bond acceptors (Lipinski definition) is 7. The maximum Gasteiger partial charge on any atom is 0.321 e. The number of carbonyl (C=O) groups is 1. The Hall–Kier alpha value is -3.20. The van der Waals surface area contributed by atoms with Gasteiger partial charge in [-0.2, -0.15) is 19.6 Å². The van der Waals surface area contributed by atoms with Crippen LogP contribution in [-0.2, 0) is 16.1 Å². The number of nitrogens with zero attached hydrogens (tertiary/aromatic N) is 4. The van der Waals surface area contributed by atoms with Crippen LogP contribution in [-0.4, -0.2) is 46.3 Å². The number of aromatic nitrogens is 4. The van der Waals surface area contributed by atoms with Crippen molar-refractivity contribution in [1.82, 2.24) is 19.6 Å². The summed E-state index contributed by atoms with van der Waals surface area (Å²) in [5, 5.41) is 10.4. The molecule has 28 heavy (non-hydrogen) atoms. The van der Waals surface area contributed by atoms with E-state index in [9.17, 15) is 4.79 Å². The number of hydrogen-bond donors (Lipinski definition) is 2. The first-order chi connectivity index (χ1) is 13.6. The van der Waals surface area contributed by atoms with Crippen LogP contribution in [0.15, 0.2) is 30.5 Å². The minimum absolute atomic E-state index is 0.262. The second kappa shape index (κ2) is 9.14. The van der Waals surface area contributed by atoms with Crippen LogP contribution in [0, 0.1) is 0 Å². The van der Waals surface area contributed by atoms with Gasteiger partial charge in [-0.3, -0.25) is 4.79 Å². The third kappa shape index (κ3) is 4.55. The molecule has 0 radical (unpaired) electrons. The van der Waals surface area contributed by atoms with Crippen molar-refractivity contribution in [2.75, 3.05) is 31.0 Å². The van der Waals surface area contributed by atoms with Gasteiger partial charge in [0.05, 0.1) is 12.8 Å². The highest BCUT2D eigenvalue weighted by molar-refractivity contribution is 5.71. The van der Waals surface area contributed by atoms with Gasteiger partial charge >= 0.3 is 6.01 Å². The molecule has 0 aliphatic heterocycles. The van der Waals surface area contributed by atoms with E-state index in [1.165, 1.54) is 0 Å². The molecule has 3 rings (SSSR count). The molecule has 2 heterocycles. The summed E-state index contributed by atoms with van der Waals surface area (Å²) in [6, 6.07) is 7.82. The van der Waals surface area contributed by atoms with Crippen molar-refractivity contribution in [3.8, 4) is 6.01 Å². The average Bonchev–Trinajstić information content (AvgIpc) is 3.11. The Kier molecular flexibility index (Phi) is 6.38. The average molecular weight is 384 g/mol. The van der Waals surface area contributed by atoms with Crippen LogP contribution in [0.25, 0.3) is 5.65 Å². The minimum Gasteiger partial charge on any atom is -0.461 e. The van der Waals surface area contributed by atoms with Crippen LogP contribution in [0.3, 0.4) is 0 Å². The number of amides is 1. The summed E-state index contributed by atoms with van der Waals surface area (Å²) in [5.41, 5.74) is 3.43. The number of benzene rings is 1. The third-order valence-corrected chi connectivity index (χ3v) is 4.12. The van der Waals surface area contributed by atoms with E-state index in [4.69, 9.17) is 9.47 Å². The molecule has 9 nitrogen and oxygen atoms in total. The van der Waals surface area contributed by atoms with E-state index >= 15 is 0 Å². The van der Waals surface area contributed by atoms with Crippen molar-refractivity contribution in [1.29, 1.82) is 0 Å². The first kappa shape index (κ1) is 19.6. The molecule has 1 aromatic carbocycles. The van der Waals surface area contributed by atoms with Crippen LogP contribution < -0.4 is 15.4 Å². The molecule has 2 N–H and O–H groups in total. The van der Waals surface area contributed by atoms with E-state index in [0.29, 0.717) is 37.8 Å². The Morgan fingerprint density at radius 3 is 2.86 bits per heavy atom. The summed E-state index contributed by atoms with van der Waals surface area (Å²) in [6.07, 6.45) is 2.45. The van der Waals surface area contributed by atoms with Crippen molar-refractivity contribution in [2.45, 2.75) is 26.3 Å². The quantitative estimate of drug-likeness (QED) is 0.409. The molecule has 0 bridgehead atoms. The molecule has 0 aliphatic rings. The van der Waals surface area contributed by atoms with Crippen LogP contribution >= 0.6 is 0 Å². The topological polar surface area (TPSA) is 103 Å². The van der Waals surface area contributed by atoms with E-state index in [1.807, 2.05) is 24.3 Å². The van der Waals surface area contributed by atoms with Gasteiger partial charge in [0.25, 0.3) is 0 Å². The molecule has 0 fully saturated rings. The van der Waals surface area contributed by atoms with E-state index in [1.54, 1.807) is 17.8 Å². The van der Waals surface area contributed by atoms with Crippen LogP contribution in [0.2, 0.25) is 0 Å². The molecule has 148 valence electrons. The maximum atomic E-state index is 10.6. The summed E-state index contributed by atoms with van der Waals surface area (Å²) in [6.45, 7) is 5.47. The lowest BCUT2D eigenvalue weighted by molar-refractivity contribution is -0.105. The molecule has 0 saturated heterocycles. The third-order valence-electron chi connectivity index (χ3n) is 4.12. The molecule has 0 aliphatic carbocycles. The van der Waals surface area contributed by atoms with Gasteiger partial charge in [0.15, 0.2) is 5.65 Å². The molecule has 1 amide bonds. The molecular weight excluding hydrogens is 360 g/mol. The summed E-state index contributed by atoms with van der Waals surface area (Å²) in [4.78, 5) is 19.6. The zero-order valence-electron chi connectivity index (χ0n) is 16.2. The molecule has 0 spiro atoms. The predicted octanol–water partition coefficient (Wildman–Crippen LogP) is 2.45. The van der Waals surface area contributed by atoms with Crippen molar-refractivity contribution >= 4 is 23.7 Å². The number of rotatable bonds is 10. The van der Waals surface area contributed by atoms with Gasteiger partial charge in [-0.25, -0.2) is 0 Å². The summed E-state index contributed by atoms with van der Waals surface area (Å²) < 4.78 is 12.3. The lowest BCUT2D eigenvalue weighted by atomic mass is 10.1. The fraction of sp³-hybridized carbons (Fsp3) is 0.368. The molecular formula is C19H24N6O3. The van der Waals surface area contributed by atoms with Gasteiger partial charge in [-0.1, -0.05) is 26.0 Å². The van der Waals surface area contributed by atoms with Crippen molar-refractivity contribution in [3.05, 3.63) is 41.6 Å². The first-order valence-corrected chi connectivity index (χ1v) is 9.02. The number of nitrogens with one attached hydrogen (secondary N) is 2. The van der Waals surface area contributed by atoms with Gasteiger partial charge in [0.2, 0.25) is 12.4 Å². The zero-order chi connectivity index (χ0) is 19.9. The monoisotopic (exact) mass is 384 g/mol. The molecule has 0 atom stereocenters. The molecule has 0 saturated carbocycles. The molecule has 2 aromatic heterocycles. The highest BCUT2D eigenvalue weighted by Gasteiger charge is 2.15.